The third kappa shape index (κ3) is 1.65. The highest BCUT2D eigenvalue weighted by Crippen LogP contribution is 2.18. The van der Waals surface area contributed by atoms with Gasteiger partial charge in [0.1, 0.15) is 0 Å². The minimum absolute atomic E-state index is 0.683. The highest BCUT2D eigenvalue weighted by Gasteiger charge is 1.94. The molecule has 0 fully saturated rings. The molecule has 0 aromatic heterocycles. The van der Waals surface area contributed by atoms with Crippen molar-refractivity contribution in [3.63, 3.8) is 0 Å². The van der Waals surface area contributed by atoms with E-state index >= 15 is 0 Å². The summed E-state index contributed by atoms with van der Waals surface area (Å²) in [6.07, 6.45) is 5.05. The lowest BCUT2D eigenvalue weighted by atomic mass is 10.2. The van der Waals surface area contributed by atoms with Gasteiger partial charge in [-0.1, -0.05) is 12.5 Å². The molecule has 0 saturated heterocycles. The monoisotopic (exact) mass is 146 g/mol. The van der Waals surface area contributed by atoms with Crippen LogP contribution in [0.25, 0.3) is 0 Å². The van der Waals surface area contributed by atoms with Crippen molar-refractivity contribution in [2.45, 2.75) is 6.92 Å². The zero-order valence-electron chi connectivity index (χ0n) is 6.39. The molecule has 0 radical (unpaired) electrons. The van der Waals surface area contributed by atoms with E-state index in [2.05, 4.69) is 11.4 Å². The first-order chi connectivity index (χ1) is 5.24. The van der Waals surface area contributed by atoms with E-state index in [-0.39, 0.29) is 0 Å². The molecule has 1 rings (SSSR count). The first-order valence-corrected chi connectivity index (χ1v) is 3.32. The largest absolute Gasteiger partial charge is 0.397 e. The summed E-state index contributed by atoms with van der Waals surface area (Å²) < 4.78 is 0. The average Bonchev–Trinajstić information content (AvgIpc) is 1.95. The number of hydrogen-bond donors (Lipinski definition) is 2. The molecule has 1 aromatic rings. The molecule has 0 heterocycles. The molecule has 3 N–H and O–H groups in total. The molecular weight excluding hydrogens is 136 g/mol. The Bertz CT molecular complexity index is 297. The SMILES string of the molecule is C#CNc1ccc(C)cc1N. The van der Waals surface area contributed by atoms with Gasteiger partial charge in [0.25, 0.3) is 0 Å². The normalized spacial score (nSPS) is 8.73. The Morgan fingerprint density at radius 1 is 1.55 bits per heavy atom. The van der Waals surface area contributed by atoms with Crippen molar-refractivity contribution in [2.75, 3.05) is 11.1 Å². The van der Waals surface area contributed by atoms with Crippen molar-refractivity contribution in [1.29, 1.82) is 0 Å². The smallest absolute Gasteiger partial charge is 0.0689 e. The summed E-state index contributed by atoms with van der Waals surface area (Å²) in [4.78, 5) is 0. The van der Waals surface area contributed by atoms with E-state index in [1.165, 1.54) is 0 Å². The zero-order valence-corrected chi connectivity index (χ0v) is 6.39. The van der Waals surface area contributed by atoms with Crippen LogP contribution in [-0.4, -0.2) is 0 Å². The fraction of sp³-hybridized carbons (Fsp3) is 0.111. The summed E-state index contributed by atoms with van der Waals surface area (Å²) in [7, 11) is 0. The summed E-state index contributed by atoms with van der Waals surface area (Å²) in [5.41, 5.74) is 8.25. The predicted molar refractivity (Wildman–Crippen MR) is 48.0 cm³/mol. The van der Waals surface area contributed by atoms with Crippen LogP contribution in [0.15, 0.2) is 18.2 Å². The van der Waals surface area contributed by atoms with E-state index in [0.29, 0.717) is 5.69 Å². The fourth-order valence-corrected chi connectivity index (χ4v) is 0.874. The molecule has 0 amide bonds. The van der Waals surface area contributed by atoms with Gasteiger partial charge in [0.2, 0.25) is 0 Å². The van der Waals surface area contributed by atoms with Gasteiger partial charge in [-0.15, -0.1) is 0 Å². The molecule has 0 atom stereocenters. The van der Waals surface area contributed by atoms with Crippen molar-refractivity contribution in [2.24, 2.45) is 0 Å². The van der Waals surface area contributed by atoms with Crippen molar-refractivity contribution in [3.8, 4) is 12.5 Å². The summed E-state index contributed by atoms with van der Waals surface area (Å²) in [6, 6.07) is 8.01. The molecule has 2 nitrogen and oxygen atoms in total. The Morgan fingerprint density at radius 2 is 2.27 bits per heavy atom. The molecular formula is C9H10N2. The van der Waals surface area contributed by atoms with E-state index in [1.807, 2.05) is 25.1 Å². The minimum atomic E-state index is 0.683. The Balaban J connectivity index is 3.01. The lowest BCUT2D eigenvalue weighted by Crippen LogP contribution is -1.94. The molecule has 0 bridgehead atoms. The molecule has 0 saturated carbocycles. The number of anilines is 2. The maximum absolute atomic E-state index is 5.65. The Morgan fingerprint density at radius 3 is 2.82 bits per heavy atom. The standard InChI is InChI=1S/C9H10N2/c1-3-11-9-5-4-7(2)6-8(9)10/h1,4-6,11H,10H2,2H3. The number of aryl methyl sites for hydroxylation is 1. The maximum atomic E-state index is 5.65. The van der Waals surface area contributed by atoms with E-state index < -0.39 is 0 Å². The number of nitrogens with one attached hydrogen (secondary N) is 1. The molecule has 0 aliphatic carbocycles. The van der Waals surface area contributed by atoms with E-state index in [9.17, 15) is 0 Å². The van der Waals surface area contributed by atoms with E-state index in [4.69, 9.17) is 12.2 Å². The average molecular weight is 146 g/mol. The number of nitrogens with two attached hydrogens (primary N) is 1. The van der Waals surface area contributed by atoms with Gasteiger partial charge in [-0.3, -0.25) is 0 Å². The second kappa shape index (κ2) is 2.98. The van der Waals surface area contributed by atoms with Gasteiger partial charge in [-0.2, -0.15) is 0 Å². The first-order valence-electron chi connectivity index (χ1n) is 3.32. The third-order valence-electron chi connectivity index (χ3n) is 1.41. The molecule has 0 aliphatic heterocycles. The number of hydrogen-bond acceptors (Lipinski definition) is 2. The lowest BCUT2D eigenvalue weighted by molar-refractivity contribution is 1.46. The van der Waals surface area contributed by atoms with Crippen molar-refractivity contribution in [1.82, 2.24) is 0 Å². The van der Waals surface area contributed by atoms with Crippen LogP contribution in [0.1, 0.15) is 5.56 Å². The number of rotatable bonds is 1. The van der Waals surface area contributed by atoms with Crippen LogP contribution >= 0.6 is 0 Å². The highest BCUT2D eigenvalue weighted by atomic mass is 14.9. The molecule has 0 aliphatic rings. The Labute approximate surface area is 66.4 Å². The number of terminal acetylenes is 1. The van der Waals surface area contributed by atoms with Gasteiger partial charge in [0.15, 0.2) is 0 Å². The zero-order chi connectivity index (χ0) is 8.27. The molecule has 1 aromatic carbocycles. The van der Waals surface area contributed by atoms with Crippen molar-refractivity contribution in [3.05, 3.63) is 23.8 Å². The second-order valence-electron chi connectivity index (χ2n) is 2.36. The predicted octanol–water partition coefficient (Wildman–Crippen LogP) is 1.58. The molecule has 0 unspecified atom stereocenters. The van der Waals surface area contributed by atoms with Gasteiger partial charge in [-0.25, -0.2) is 0 Å². The van der Waals surface area contributed by atoms with E-state index in [0.717, 1.165) is 11.3 Å². The molecule has 0 spiro atoms. The number of nitrogen functional groups attached to an aromatic ring is 1. The molecule has 2 heteroatoms. The second-order valence-corrected chi connectivity index (χ2v) is 2.36. The Kier molecular flexibility index (Phi) is 2.03. The quantitative estimate of drug-likeness (QED) is 0.358. The first kappa shape index (κ1) is 7.49. The van der Waals surface area contributed by atoms with Gasteiger partial charge >= 0.3 is 0 Å². The summed E-state index contributed by atoms with van der Waals surface area (Å²) >= 11 is 0. The van der Waals surface area contributed by atoms with Gasteiger partial charge in [0, 0.05) is 6.04 Å². The van der Waals surface area contributed by atoms with Crippen molar-refractivity contribution >= 4 is 11.4 Å². The summed E-state index contributed by atoms with van der Waals surface area (Å²) in [6.45, 7) is 1.98. The summed E-state index contributed by atoms with van der Waals surface area (Å²) in [5.74, 6) is 0. The summed E-state index contributed by atoms with van der Waals surface area (Å²) in [5, 5.41) is 2.71. The Hall–Kier alpha value is -1.62. The third-order valence-corrected chi connectivity index (χ3v) is 1.41. The van der Waals surface area contributed by atoms with Crippen LogP contribution in [0.2, 0.25) is 0 Å². The van der Waals surface area contributed by atoms with Gasteiger partial charge in [0.05, 0.1) is 11.4 Å². The molecule has 56 valence electrons. The maximum Gasteiger partial charge on any atom is 0.0689 e. The molecule has 11 heavy (non-hydrogen) atoms. The van der Waals surface area contributed by atoms with Crippen LogP contribution in [0.3, 0.4) is 0 Å². The van der Waals surface area contributed by atoms with Gasteiger partial charge < -0.3 is 11.1 Å². The lowest BCUT2D eigenvalue weighted by Gasteiger charge is -2.03. The van der Waals surface area contributed by atoms with Gasteiger partial charge in [-0.05, 0) is 24.6 Å². The highest BCUT2D eigenvalue weighted by molar-refractivity contribution is 5.68. The minimum Gasteiger partial charge on any atom is -0.397 e. The topological polar surface area (TPSA) is 38.0 Å². The number of benzene rings is 1. The van der Waals surface area contributed by atoms with Crippen LogP contribution < -0.4 is 11.1 Å². The van der Waals surface area contributed by atoms with Crippen LogP contribution in [0.4, 0.5) is 11.4 Å². The van der Waals surface area contributed by atoms with Crippen LogP contribution in [0, 0.1) is 19.4 Å². The fourth-order valence-electron chi connectivity index (χ4n) is 0.874. The van der Waals surface area contributed by atoms with Crippen molar-refractivity contribution < 1.29 is 0 Å². The van der Waals surface area contributed by atoms with Crippen LogP contribution in [0.5, 0.6) is 0 Å². The van der Waals surface area contributed by atoms with Crippen LogP contribution in [-0.2, 0) is 0 Å². The van der Waals surface area contributed by atoms with E-state index in [1.54, 1.807) is 0 Å².